The van der Waals surface area contributed by atoms with Gasteiger partial charge in [-0.25, -0.2) is 9.97 Å². The number of nitrogens with one attached hydrogen (secondary N) is 1. The van der Waals surface area contributed by atoms with Crippen molar-refractivity contribution in [2.75, 3.05) is 0 Å². The lowest BCUT2D eigenvalue weighted by molar-refractivity contribution is 0.780. The molecule has 0 aliphatic heterocycles. The first-order chi connectivity index (χ1) is 16.4. The van der Waals surface area contributed by atoms with Crippen molar-refractivity contribution in [3.63, 3.8) is 0 Å². The van der Waals surface area contributed by atoms with E-state index in [1.165, 1.54) is 11.8 Å². The average molecular weight is 489 g/mol. The van der Waals surface area contributed by atoms with Crippen molar-refractivity contribution in [3.05, 3.63) is 104 Å². The Bertz CT molecular complexity index is 1660. The highest BCUT2D eigenvalue weighted by atomic mass is 35.5. The second-order valence-corrected chi connectivity index (χ2v) is 9.61. The Balaban J connectivity index is 1.64. The van der Waals surface area contributed by atoms with Crippen LogP contribution in [-0.2, 0) is 5.75 Å². The van der Waals surface area contributed by atoms with Gasteiger partial charge in [0.2, 0.25) is 0 Å². The van der Waals surface area contributed by atoms with E-state index in [-0.39, 0.29) is 17.0 Å². The van der Waals surface area contributed by atoms with Crippen LogP contribution >= 0.6 is 23.4 Å². The van der Waals surface area contributed by atoms with Gasteiger partial charge in [-0.15, -0.1) is 0 Å². The van der Waals surface area contributed by atoms with Gasteiger partial charge >= 0.3 is 0 Å². The summed E-state index contributed by atoms with van der Waals surface area (Å²) in [6.07, 6.45) is 0. The van der Waals surface area contributed by atoms with Gasteiger partial charge in [0.1, 0.15) is 5.82 Å². The summed E-state index contributed by atoms with van der Waals surface area (Å²) in [4.78, 5) is 38.4. The normalized spacial score (nSPS) is 11.5. The molecular weight excluding hydrogens is 468 g/mol. The van der Waals surface area contributed by atoms with Gasteiger partial charge in [0.05, 0.1) is 33.2 Å². The molecule has 0 unspecified atom stereocenters. The molecule has 0 atom stereocenters. The summed E-state index contributed by atoms with van der Waals surface area (Å²) >= 11 is 7.44. The largest absolute Gasteiger partial charge is 0.309 e. The second-order valence-electron chi connectivity index (χ2n) is 8.23. The van der Waals surface area contributed by atoms with Crippen molar-refractivity contribution in [1.82, 2.24) is 19.5 Å². The molecule has 0 aliphatic rings. The van der Waals surface area contributed by atoms with Crippen molar-refractivity contribution in [3.8, 4) is 5.69 Å². The van der Waals surface area contributed by atoms with Crippen molar-refractivity contribution in [2.45, 2.75) is 30.7 Å². The molecule has 3 aromatic carbocycles. The predicted octanol–water partition coefficient (Wildman–Crippen LogP) is 5.69. The topological polar surface area (TPSA) is 80.6 Å². The molecule has 0 bridgehead atoms. The second kappa shape index (κ2) is 9.08. The van der Waals surface area contributed by atoms with Crippen LogP contribution in [-0.4, -0.2) is 19.5 Å². The van der Waals surface area contributed by atoms with E-state index >= 15 is 0 Å². The van der Waals surface area contributed by atoms with Crippen LogP contribution in [0.3, 0.4) is 0 Å². The van der Waals surface area contributed by atoms with Crippen molar-refractivity contribution in [1.29, 1.82) is 0 Å². The molecule has 0 radical (unpaired) electrons. The zero-order valence-corrected chi connectivity index (χ0v) is 20.2. The van der Waals surface area contributed by atoms with E-state index in [2.05, 4.69) is 23.8 Å². The number of aromatic amines is 1. The van der Waals surface area contributed by atoms with Gasteiger partial charge in [0, 0.05) is 5.02 Å². The lowest BCUT2D eigenvalue weighted by Crippen LogP contribution is -2.23. The molecule has 6 nitrogen and oxygen atoms in total. The number of nitrogens with zero attached hydrogens (tertiary/aromatic N) is 3. The van der Waals surface area contributed by atoms with Gasteiger partial charge < -0.3 is 4.98 Å². The summed E-state index contributed by atoms with van der Waals surface area (Å²) in [5, 5.41) is 2.08. The molecule has 0 aliphatic carbocycles. The van der Waals surface area contributed by atoms with E-state index in [0.29, 0.717) is 43.6 Å². The minimum Gasteiger partial charge on any atom is -0.309 e. The number of thioether (sulfide) groups is 1. The smallest absolute Gasteiger partial charge is 0.266 e. The minimum absolute atomic E-state index is 0.132. The van der Waals surface area contributed by atoms with Crippen LogP contribution in [0.4, 0.5) is 0 Å². The zero-order chi connectivity index (χ0) is 23.8. The molecule has 2 aromatic heterocycles. The highest BCUT2D eigenvalue weighted by Crippen LogP contribution is 2.28. The molecule has 0 saturated carbocycles. The molecule has 8 heteroatoms. The maximum atomic E-state index is 13.6. The summed E-state index contributed by atoms with van der Waals surface area (Å²) in [6, 6.07) is 20.2. The van der Waals surface area contributed by atoms with Crippen LogP contribution < -0.4 is 11.1 Å². The van der Waals surface area contributed by atoms with E-state index in [1.807, 2.05) is 42.5 Å². The Labute approximate surface area is 204 Å². The number of aromatic nitrogens is 4. The first kappa shape index (κ1) is 22.4. The van der Waals surface area contributed by atoms with Gasteiger partial charge in [0.25, 0.3) is 11.1 Å². The number of hydrogen-bond donors (Lipinski definition) is 1. The van der Waals surface area contributed by atoms with Crippen LogP contribution in [0.5, 0.6) is 0 Å². The fourth-order valence-electron chi connectivity index (χ4n) is 3.96. The van der Waals surface area contributed by atoms with Crippen LogP contribution in [0.1, 0.15) is 31.2 Å². The molecule has 0 saturated heterocycles. The molecule has 0 amide bonds. The quantitative estimate of drug-likeness (QED) is 0.254. The van der Waals surface area contributed by atoms with Crippen LogP contribution in [0, 0.1) is 0 Å². The molecule has 0 fully saturated rings. The SMILES string of the molecule is CC(C)c1ccccc1-n1c(SCc2nc3cc(Cl)ccc3c(=O)[nH]2)nc2ccccc2c1=O. The van der Waals surface area contributed by atoms with Gasteiger partial charge in [0.15, 0.2) is 5.16 Å². The van der Waals surface area contributed by atoms with E-state index < -0.39 is 0 Å². The predicted molar refractivity (Wildman–Crippen MR) is 138 cm³/mol. The Hall–Kier alpha value is -3.42. The number of fused-ring (bicyclic) bond motifs is 2. The average Bonchev–Trinajstić information content (AvgIpc) is 2.82. The number of hydrogen-bond acceptors (Lipinski definition) is 5. The third kappa shape index (κ3) is 4.13. The Kier molecular flexibility index (Phi) is 5.98. The summed E-state index contributed by atoms with van der Waals surface area (Å²) < 4.78 is 1.67. The van der Waals surface area contributed by atoms with Crippen LogP contribution in [0.2, 0.25) is 5.02 Å². The summed E-state index contributed by atoms with van der Waals surface area (Å²) in [7, 11) is 0. The lowest BCUT2D eigenvalue weighted by Gasteiger charge is -2.18. The monoisotopic (exact) mass is 488 g/mol. The van der Waals surface area contributed by atoms with E-state index in [4.69, 9.17) is 16.6 Å². The number of benzene rings is 3. The van der Waals surface area contributed by atoms with E-state index in [0.717, 1.165) is 11.3 Å². The first-order valence-electron chi connectivity index (χ1n) is 10.8. The summed E-state index contributed by atoms with van der Waals surface area (Å²) in [6.45, 7) is 4.19. The van der Waals surface area contributed by atoms with Gasteiger partial charge in [-0.1, -0.05) is 67.5 Å². The van der Waals surface area contributed by atoms with Crippen molar-refractivity contribution >= 4 is 45.2 Å². The molecule has 170 valence electrons. The minimum atomic E-state index is -0.230. The van der Waals surface area contributed by atoms with Gasteiger partial charge in [-0.3, -0.25) is 14.2 Å². The van der Waals surface area contributed by atoms with E-state index in [9.17, 15) is 9.59 Å². The number of para-hydroxylation sites is 2. The Morgan fingerprint density at radius 2 is 1.71 bits per heavy atom. The van der Waals surface area contributed by atoms with Crippen LogP contribution in [0.25, 0.3) is 27.5 Å². The third-order valence-electron chi connectivity index (χ3n) is 5.60. The standard InChI is InChI=1S/C26H21ClN4O2S/c1-15(2)17-7-4-6-10-22(17)31-25(33)19-8-3-5-9-20(19)29-26(31)34-14-23-28-21-13-16(27)11-12-18(21)24(32)30-23/h3-13,15H,14H2,1-2H3,(H,28,30,32). The summed E-state index contributed by atoms with van der Waals surface area (Å²) in [5.41, 5.74) is 2.64. The van der Waals surface area contributed by atoms with Crippen molar-refractivity contribution < 1.29 is 0 Å². The highest BCUT2D eigenvalue weighted by Gasteiger charge is 2.17. The maximum Gasteiger partial charge on any atom is 0.266 e. The Morgan fingerprint density at radius 3 is 2.53 bits per heavy atom. The third-order valence-corrected chi connectivity index (χ3v) is 6.79. The number of halogens is 1. The molecule has 5 rings (SSSR count). The first-order valence-corrected chi connectivity index (χ1v) is 12.2. The zero-order valence-electron chi connectivity index (χ0n) is 18.6. The van der Waals surface area contributed by atoms with Gasteiger partial charge in [-0.05, 0) is 47.9 Å². The number of H-pyrrole nitrogens is 1. The lowest BCUT2D eigenvalue weighted by atomic mass is 10.0. The van der Waals surface area contributed by atoms with Crippen LogP contribution in [0.15, 0.2) is 81.5 Å². The van der Waals surface area contributed by atoms with E-state index in [1.54, 1.807) is 28.8 Å². The fourth-order valence-corrected chi connectivity index (χ4v) is 5.01. The maximum absolute atomic E-state index is 13.6. The molecule has 0 spiro atoms. The molecule has 1 N–H and O–H groups in total. The molecule has 5 aromatic rings. The number of rotatable bonds is 5. The highest BCUT2D eigenvalue weighted by molar-refractivity contribution is 7.98. The summed E-state index contributed by atoms with van der Waals surface area (Å²) in [5.74, 6) is 1.03. The van der Waals surface area contributed by atoms with Gasteiger partial charge in [-0.2, -0.15) is 0 Å². The molecule has 34 heavy (non-hydrogen) atoms. The fraction of sp³-hybridized carbons (Fsp3) is 0.154. The van der Waals surface area contributed by atoms with Crippen molar-refractivity contribution in [2.24, 2.45) is 0 Å². The molecule has 2 heterocycles. The Morgan fingerprint density at radius 1 is 0.941 bits per heavy atom. The molecular formula is C26H21ClN4O2S.